The van der Waals surface area contributed by atoms with Gasteiger partial charge in [-0.3, -0.25) is 0 Å². The molecule has 0 fully saturated rings. The summed E-state index contributed by atoms with van der Waals surface area (Å²) in [6, 6.07) is 7.38. The number of anilines is 1. The van der Waals surface area contributed by atoms with E-state index in [1.54, 1.807) is 6.07 Å². The van der Waals surface area contributed by atoms with Crippen LogP contribution in [0.15, 0.2) is 24.3 Å². The molecule has 0 aliphatic heterocycles. The van der Waals surface area contributed by atoms with Crippen molar-refractivity contribution in [1.29, 1.82) is 0 Å². The molecular weight excluding hydrogens is 216 g/mol. The molecule has 0 aliphatic carbocycles. The maximum absolute atomic E-state index is 10.0. The van der Waals surface area contributed by atoms with Crippen LogP contribution in [0.1, 0.15) is 25.0 Å². The highest BCUT2D eigenvalue weighted by molar-refractivity contribution is 5.47. The molecule has 0 aromatic heterocycles. The zero-order valence-electron chi connectivity index (χ0n) is 10.3. The molecule has 4 nitrogen and oxygen atoms in total. The Hall–Kier alpha value is -1.10. The average Bonchev–Trinajstić information content (AvgIpc) is 2.34. The van der Waals surface area contributed by atoms with E-state index < -0.39 is 6.10 Å². The number of rotatable bonds is 7. The van der Waals surface area contributed by atoms with Gasteiger partial charge in [0.2, 0.25) is 0 Å². The Balaban J connectivity index is 2.49. The third kappa shape index (κ3) is 4.34. The summed E-state index contributed by atoms with van der Waals surface area (Å²) in [7, 11) is 0. The summed E-state index contributed by atoms with van der Waals surface area (Å²) in [6.07, 6.45) is 0.0890. The van der Waals surface area contributed by atoms with Gasteiger partial charge in [0.05, 0.1) is 12.7 Å². The fraction of sp³-hybridized carbons (Fsp3) is 0.538. The molecule has 0 radical (unpaired) electrons. The third-order valence-corrected chi connectivity index (χ3v) is 2.94. The Kier molecular flexibility index (Phi) is 5.97. The van der Waals surface area contributed by atoms with E-state index in [0.717, 1.165) is 18.7 Å². The van der Waals surface area contributed by atoms with Crippen molar-refractivity contribution in [2.75, 3.05) is 32.0 Å². The number of nitrogens with two attached hydrogens (primary N) is 1. The van der Waals surface area contributed by atoms with Crippen LogP contribution in [-0.2, 0) is 0 Å². The predicted molar refractivity (Wildman–Crippen MR) is 69.6 cm³/mol. The molecule has 0 saturated carbocycles. The van der Waals surface area contributed by atoms with Gasteiger partial charge < -0.3 is 20.8 Å². The first-order chi connectivity index (χ1) is 8.19. The molecule has 1 rings (SSSR count). The maximum Gasteiger partial charge on any atom is 0.0822 e. The molecule has 96 valence electrons. The van der Waals surface area contributed by atoms with Crippen LogP contribution in [0.5, 0.6) is 0 Å². The van der Waals surface area contributed by atoms with Gasteiger partial charge in [-0.25, -0.2) is 0 Å². The van der Waals surface area contributed by atoms with Gasteiger partial charge >= 0.3 is 0 Å². The maximum atomic E-state index is 10.0. The molecule has 0 bridgehead atoms. The van der Waals surface area contributed by atoms with Gasteiger partial charge in [-0.1, -0.05) is 25.1 Å². The molecule has 0 heterocycles. The normalized spacial score (nSPS) is 12.9. The minimum Gasteiger partial charge on any atom is -0.398 e. The SMILES string of the molecule is CCN(CCO)CCC(O)c1ccccc1N. The van der Waals surface area contributed by atoms with Crippen LogP contribution >= 0.6 is 0 Å². The number of likely N-dealkylation sites (N-methyl/N-ethyl adjacent to an activating group) is 1. The summed E-state index contributed by atoms with van der Waals surface area (Å²) in [6.45, 7) is 4.47. The van der Waals surface area contributed by atoms with E-state index in [1.807, 2.05) is 25.1 Å². The molecule has 4 heteroatoms. The zero-order valence-corrected chi connectivity index (χ0v) is 10.3. The Morgan fingerprint density at radius 2 is 2.00 bits per heavy atom. The van der Waals surface area contributed by atoms with E-state index in [4.69, 9.17) is 10.8 Å². The van der Waals surface area contributed by atoms with Gasteiger partial charge in [-0.05, 0) is 19.0 Å². The van der Waals surface area contributed by atoms with Crippen molar-refractivity contribution in [3.8, 4) is 0 Å². The second-order valence-electron chi connectivity index (χ2n) is 4.09. The molecule has 1 atom stereocenters. The van der Waals surface area contributed by atoms with Gasteiger partial charge in [0.25, 0.3) is 0 Å². The second-order valence-corrected chi connectivity index (χ2v) is 4.09. The predicted octanol–water partition coefficient (Wildman–Crippen LogP) is 1.01. The van der Waals surface area contributed by atoms with Crippen LogP contribution in [-0.4, -0.2) is 41.4 Å². The van der Waals surface area contributed by atoms with Crippen LogP contribution < -0.4 is 5.73 Å². The minimum absolute atomic E-state index is 0.150. The van der Waals surface area contributed by atoms with Crippen molar-refractivity contribution >= 4 is 5.69 Å². The lowest BCUT2D eigenvalue weighted by molar-refractivity contribution is 0.134. The Labute approximate surface area is 103 Å². The monoisotopic (exact) mass is 238 g/mol. The molecule has 4 N–H and O–H groups in total. The molecule has 0 amide bonds. The Morgan fingerprint density at radius 1 is 1.29 bits per heavy atom. The largest absolute Gasteiger partial charge is 0.398 e. The van der Waals surface area contributed by atoms with E-state index in [0.29, 0.717) is 18.7 Å². The lowest BCUT2D eigenvalue weighted by atomic mass is 10.0. The van der Waals surface area contributed by atoms with Gasteiger partial charge in [0.15, 0.2) is 0 Å². The van der Waals surface area contributed by atoms with Crippen LogP contribution in [0, 0.1) is 0 Å². The highest BCUT2D eigenvalue weighted by Gasteiger charge is 2.12. The highest BCUT2D eigenvalue weighted by atomic mass is 16.3. The lowest BCUT2D eigenvalue weighted by Crippen LogP contribution is -2.28. The molecule has 0 aliphatic rings. The number of hydrogen-bond acceptors (Lipinski definition) is 4. The first-order valence-electron chi connectivity index (χ1n) is 6.04. The van der Waals surface area contributed by atoms with Gasteiger partial charge in [-0.15, -0.1) is 0 Å². The molecule has 0 saturated heterocycles. The molecule has 1 aromatic carbocycles. The van der Waals surface area contributed by atoms with Gasteiger partial charge in [0.1, 0.15) is 0 Å². The topological polar surface area (TPSA) is 69.7 Å². The minimum atomic E-state index is -0.538. The summed E-state index contributed by atoms with van der Waals surface area (Å²) in [4.78, 5) is 2.10. The van der Waals surface area contributed by atoms with E-state index >= 15 is 0 Å². The van der Waals surface area contributed by atoms with E-state index in [1.165, 1.54) is 0 Å². The van der Waals surface area contributed by atoms with E-state index in [-0.39, 0.29) is 6.61 Å². The number of nitrogen functional groups attached to an aromatic ring is 1. The fourth-order valence-electron chi connectivity index (χ4n) is 1.84. The van der Waals surface area contributed by atoms with Crippen LogP contribution in [0.4, 0.5) is 5.69 Å². The van der Waals surface area contributed by atoms with Crippen molar-refractivity contribution in [1.82, 2.24) is 4.90 Å². The van der Waals surface area contributed by atoms with Crippen LogP contribution in [0.2, 0.25) is 0 Å². The zero-order chi connectivity index (χ0) is 12.7. The molecule has 17 heavy (non-hydrogen) atoms. The molecular formula is C13H22N2O2. The van der Waals surface area contributed by atoms with E-state index in [2.05, 4.69) is 4.90 Å². The molecule has 1 unspecified atom stereocenters. The first-order valence-corrected chi connectivity index (χ1v) is 6.04. The fourth-order valence-corrected chi connectivity index (χ4v) is 1.84. The quantitative estimate of drug-likeness (QED) is 0.620. The summed E-state index contributed by atoms with van der Waals surface area (Å²) < 4.78 is 0. The summed E-state index contributed by atoms with van der Waals surface area (Å²) in [5.74, 6) is 0. The molecule has 1 aromatic rings. The standard InChI is InChI=1S/C13H22N2O2/c1-2-15(9-10-16)8-7-13(17)11-5-3-4-6-12(11)14/h3-6,13,16-17H,2,7-10,14H2,1H3. The van der Waals surface area contributed by atoms with Crippen molar-refractivity contribution < 1.29 is 10.2 Å². The number of aliphatic hydroxyl groups excluding tert-OH is 2. The van der Waals surface area contributed by atoms with Crippen molar-refractivity contribution in [3.05, 3.63) is 29.8 Å². The van der Waals surface area contributed by atoms with Crippen molar-refractivity contribution in [2.24, 2.45) is 0 Å². The average molecular weight is 238 g/mol. The van der Waals surface area contributed by atoms with E-state index in [9.17, 15) is 5.11 Å². The first kappa shape index (κ1) is 14.0. The third-order valence-electron chi connectivity index (χ3n) is 2.94. The number of nitrogens with zero attached hydrogens (tertiary/aromatic N) is 1. The van der Waals surface area contributed by atoms with Crippen LogP contribution in [0.3, 0.4) is 0 Å². The number of benzene rings is 1. The second kappa shape index (κ2) is 7.27. The number of hydrogen-bond donors (Lipinski definition) is 3. The highest BCUT2D eigenvalue weighted by Crippen LogP contribution is 2.22. The molecule has 0 spiro atoms. The summed E-state index contributed by atoms with van der Waals surface area (Å²) in [5, 5.41) is 18.9. The number of aliphatic hydroxyl groups is 2. The Bertz CT molecular complexity index is 331. The summed E-state index contributed by atoms with van der Waals surface area (Å²) in [5.41, 5.74) is 7.22. The van der Waals surface area contributed by atoms with Crippen molar-refractivity contribution in [2.45, 2.75) is 19.4 Å². The summed E-state index contributed by atoms with van der Waals surface area (Å²) >= 11 is 0. The smallest absolute Gasteiger partial charge is 0.0822 e. The van der Waals surface area contributed by atoms with Crippen molar-refractivity contribution in [3.63, 3.8) is 0 Å². The van der Waals surface area contributed by atoms with Gasteiger partial charge in [0, 0.05) is 24.3 Å². The lowest BCUT2D eigenvalue weighted by Gasteiger charge is -2.21. The van der Waals surface area contributed by atoms with Crippen LogP contribution in [0.25, 0.3) is 0 Å². The number of para-hydroxylation sites is 1. The van der Waals surface area contributed by atoms with Gasteiger partial charge in [-0.2, -0.15) is 0 Å². The Morgan fingerprint density at radius 3 is 2.59 bits per heavy atom.